The maximum absolute atomic E-state index is 12.2. The van der Waals surface area contributed by atoms with Crippen molar-refractivity contribution in [2.45, 2.75) is 26.9 Å². The van der Waals surface area contributed by atoms with Crippen LogP contribution in [0.5, 0.6) is 0 Å². The predicted octanol–water partition coefficient (Wildman–Crippen LogP) is 3.06. The number of amides is 1. The lowest BCUT2D eigenvalue weighted by Crippen LogP contribution is -2.45. The molecule has 1 amide bonds. The standard InChI is InChI=1S/C22H29N3O/c1-3-24-11-13-25(14-12-24)17-20-9-7-19(8-10-20)16-23-22(26)21-6-4-5-18(2)15-21/h4-10,15H,3,11-14,16-17H2,1-2H3,(H,23,26). The number of nitrogens with one attached hydrogen (secondary N) is 1. The minimum Gasteiger partial charge on any atom is -0.348 e. The van der Waals surface area contributed by atoms with E-state index < -0.39 is 0 Å². The molecule has 138 valence electrons. The number of benzene rings is 2. The molecule has 1 fully saturated rings. The second-order valence-electron chi connectivity index (χ2n) is 7.08. The van der Waals surface area contributed by atoms with Gasteiger partial charge in [-0.15, -0.1) is 0 Å². The summed E-state index contributed by atoms with van der Waals surface area (Å²) in [6.45, 7) is 11.6. The van der Waals surface area contributed by atoms with Gasteiger partial charge in [-0.2, -0.15) is 0 Å². The van der Waals surface area contributed by atoms with Gasteiger partial charge in [0.2, 0.25) is 0 Å². The number of hydrogen-bond acceptors (Lipinski definition) is 3. The summed E-state index contributed by atoms with van der Waals surface area (Å²) in [7, 11) is 0. The second kappa shape index (κ2) is 8.97. The van der Waals surface area contributed by atoms with Crippen molar-refractivity contribution in [1.29, 1.82) is 0 Å². The van der Waals surface area contributed by atoms with Crippen LogP contribution >= 0.6 is 0 Å². The van der Waals surface area contributed by atoms with Crippen LogP contribution in [0, 0.1) is 6.92 Å². The lowest BCUT2D eigenvalue weighted by Gasteiger charge is -2.34. The van der Waals surface area contributed by atoms with Crippen molar-refractivity contribution in [3.63, 3.8) is 0 Å². The molecular formula is C22H29N3O. The van der Waals surface area contributed by atoms with Gasteiger partial charge in [0.25, 0.3) is 5.91 Å². The zero-order valence-electron chi connectivity index (χ0n) is 15.9. The molecule has 4 nitrogen and oxygen atoms in total. The number of rotatable bonds is 6. The summed E-state index contributed by atoms with van der Waals surface area (Å²) in [6.07, 6.45) is 0. The third kappa shape index (κ3) is 5.16. The Kier molecular flexibility index (Phi) is 6.42. The van der Waals surface area contributed by atoms with E-state index in [0.29, 0.717) is 12.1 Å². The summed E-state index contributed by atoms with van der Waals surface area (Å²) < 4.78 is 0. The Bertz CT molecular complexity index is 718. The Hall–Kier alpha value is -2.17. The normalized spacial score (nSPS) is 15.8. The topological polar surface area (TPSA) is 35.6 Å². The molecule has 1 saturated heterocycles. The molecule has 1 N–H and O–H groups in total. The van der Waals surface area contributed by atoms with Crippen LogP contribution in [0.3, 0.4) is 0 Å². The van der Waals surface area contributed by atoms with Crippen molar-refractivity contribution in [3.8, 4) is 0 Å². The summed E-state index contributed by atoms with van der Waals surface area (Å²) in [5.74, 6) is -0.0217. The third-order valence-corrected chi connectivity index (χ3v) is 5.07. The van der Waals surface area contributed by atoms with E-state index >= 15 is 0 Å². The zero-order chi connectivity index (χ0) is 18.4. The first-order valence-electron chi connectivity index (χ1n) is 9.51. The molecule has 1 aliphatic rings. The molecule has 2 aromatic carbocycles. The molecule has 0 bridgehead atoms. The molecule has 1 heterocycles. The van der Waals surface area contributed by atoms with Gasteiger partial charge in [0.1, 0.15) is 0 Å². The molecule has 0 spiro atoms. The van der Waals surface area contributed by atoms with Crippen molar-refractivity contribution in [2.75, 3.05) is 32.7 Å². The highest BCUT2D eigenvalue weighted by Crippen LogP contribution is 2.11. The average Bonchev–Trinajstić information content (AvgIpc) is 2.68. The van der Waals surface area contributed by atoms with Gasteiger partial charge >= 0.3 is 0 Å². The van der Waals surface area contributed by atoms with Crippen molar-refractivity contribution >= 4 is 5.91 Å². The smallest absolute Gasteiger partial charge is 0.251 e. The van der Waals surface area contributed by atoms with Gasteiger partial charge in [-0.25, -0.2) is 0 Å². The molecule has 1 aliphatic heterocycles. The molecule has 2 aromatic rings. The summed E-state index contributed by atoms with van der Waals surface area (Å²) in [6, 6.07) is 16.3. The number of hydrogen-bond donors (Lipinski definition) is 1. The number of carbonyl (C=O) groups is 1. The lowest BCUT2D eigenvalue weighted by atomic mass is 10.1. The fourth-order valence-electron chi connectivity index (χ4n) is 3.36. The quantitative estimate of drug-likeness (QED) is 0.869. The third-order valence-electron chi connectivity index (χ3n) is 5.07. The number of nitrogens with zero attached hydrogens (tertiary/aromatic N) is 2. The van der Waals surface area contributed by atoms with Crippen molar-refractivity contribution in [2.24, 2.45) is 0 Å². The van der Waals surface area contributed by atoms with Crippen LogP contribution in [-0.4, -0.2) is 48.4 Å². The molecule has 0 atom stereocenters. The molecule has 26 heavy (non-hydrogen) atoms. The molecule has 4 heteroatoms. The first kappa shape index (κ1) is 18.6. The Morgan fingerprint density at radius 1 is 0.962 bits per heavy atom. The van der Waals surface area contributed by atoms with Crippen LogP contribution in [0.2, 0.25) is 0 Å². The van der Waals surface area contributed by atoms with Gasteiger partial charge in [0, 0.05) is 44.8 Å². The summed E-state index contributed by atoms with van der Waals surface area (Å²) in [5.41, 5.74) is 4.28. The highest BCUT2D eigenvalue weighted by atomic mass is 16.1. The minimum absolute atomic E-state index is 0.0217. The predicted molar refractivity (Wildman–Crippen MR) is 106 cm³/mol. The van der Waals surface area contributed by atoms with Crippen LogP contribution < -0.4 is 5.32 Å². The zero-order valence-corrected chi connectivity index (χ0v) is 15.9. The van der Waals surface area contributed by atoms with E-state index in [4.69, 9.17) is 0 Å². The molecular weight excluding hydrogens is 322 g/mol. The average molecular weight is 351 g/mol. The molecule has 0 radical (unpaired) electrons. The van der Waals surface area contributed by atoms with Gasteiger partial charge in [0.15, 0.2) is 0 Å². The largest absolute Gasteiger partial charge is 0.348 e. The first-order valence-corrected chi connectivity index (χ1v) is 9.51. The van der Waals surface area contributed by atoms with E-state index in [1.165, 1.54) is 18.7 Å². The van der Waals surface area contributed by atoms with Crippen molar-refractivity contribution < 1.29 is 4.79 Å². The second-order valence-corrected chi connectivity index (χ2v) is 7.08. The lowest BCUT2D eigenvalue weighted by molar-refractivity contribution is 0.0951. The Morgan fingerprint density at radius 2 is 1.62 bits per heavy atom. The van der Waals surface area contributed by atoms with Gasteiger partial charge in [-0.1, -0.05) is 48.9 Å². The van der Waals surface area contributed by atoms with Crippen LogP contribution in [0.1, 0.15) is 34.0 Å². The summed E-state index contributed by atoms with van der Waals surface area (Å²) in [5, 5.41) is 3.00. The highest BCUT2D eigenvalue weighted by Gasteiger charge is 2.15. The van der Waals surface area contributed by atoms with E-state index in [0.717, 1.165) is 37.3 Å². The molecule has 0 aromatic heterocycles. The Labute approximate surface area is 156 Å². The van der Waals surface area contributed by atoms with E-state index in [9.17, 15) is 4.79 Å². The van der Waals surface area contributed by atoms with Crippen LogP contribution in [0.25, 0.3) is 0 Å². The highest BCUT2D eigenvalue weighted by molar-refractivity contribution is 5.94. The van der Waals surface area contributed by atoms with E-state index in [-0.39, 0.29) is 5.91 Å². The van der Waals surface area contributed by atoms with E-state index in [2.05, 4.69) is 46.3 Å². The first-order chi connectivity index (χ1) is 12.6. The molecule has 0 unspecified atom stereocenters. The number of aryl methyl sites for hydroxylation is 1. The summed E-state index contributed by atoms with van der Waals surface area (Å²) >= 11 is 0. The Morgan fingerprint density at radius 3 is 2.27 bits per heavy atom. The van der Waals surface area contributed by atoms with Gasteiger partial charge in [-0.05, 0) is 36.7 Å². The molecule has 0 saturated carbocycles. The van der Waals surface area contributed by atoms with Crippen molar-refractivity contribution in [3.05, 3.63) is 70.8 Å². The SMILES string of the molecule is CCN1CCN(Cc2ccc(CNC(=O)c3cccc(C)c3)cc2)CC1. The van der Waals surface area contributed by atoms with Gasteiger partial charge in [0.05, 0.1) is 0 Å². The fourth-order valence-corrected chi connectivity index (χ4v) is 3.36. The van der Waals surface area contributed by atoms with Crippen LogP contribution in [0.4, 0.5) is 0 Å². The molecule has 3 rings (SSSR count). The van der Waals surface area contributed by atoms with Gasteiger partial charge < -0.3 is 10.2 Å². The monoisotopic (exact) mass is 351 g/mol. The van der Waals surface area contributed by atoms with Gasteiger partial charge in [-0.3, -0.25) is 9.69 Å². The number of likely N-dealkylation sites (N-methyl/N-ethyl adjacent to an activating group) is 1. The van der Waals surface area contributed by atoms with E-state index in [1.54, 1.807) is 0 Å². The number of piperazine rings is 1. The molecule has 0 aliphatic carbocycles. The summed E-state index contributed by atoms with van der Waals surface area (Å²) in [4.78, 5) is 17.2. The maximum atomic E-state index is 12.2. The number of carbonyl (C=O) groups excluding carboxylic acids is 1. The maximum Gasteiger partial charge on any atom is 0.251 e. The van der Waals surface area contributed by atoms with E-state index in [1.807, 2.05) is 31.2 Å². The fraction of sp³-hybridized carbons (Fsp3) is 0.409. The van der Waals surface area contributed by atoms with Crippen LogP contribution in [-0.2, 0) is 13.1 Å². The minimum atomic E-state index is -0.0217. The van der Waals surface area contributed by atoms with Crippen molar-refractivity contribution in [1.82, 2.24) is 15.1 Å². The van der Waals surface area contributed by atoms with Crippen LogP contribution in [0.15, 0.2) is 48.5 Å². The Balaban J connectivity index is 1.48.